The van der Waals surface area contributed by atoms with E-state index in [1.54, 1.807) is 13.0 Å². The quantitative estimate of drug-likeness (QED) is 0.860. The maximum atomic E-state index is 13.2. The molecule has 1 heterocycles. The van der Waals surface area contributed by atoms with Gasteiger partial charge in [-0.1, -0.05) is 6.92 Å². The molecular weight excluding hydrogens is 295 g/mol. The fourth-order valence-electron chi connectivity index (χ4n) is 1.76. The number of halogens is 1. The Balaban J connectivity index is 2.17. The standard InChI is InChI=1S/C14H17FN2O3S/c1-3-16-9-12-5-7-14(20-12)21(18,19)17-11-4-6-13(15)10(2)8-11/h4-8,16-17H,3,9H2,1-2H3. The lowest BCUT2D eigenvalue weighted by Crippen LogP contribution is -2.13. The van der Waals surface area contributed by atoms with Crippen LogP contribution in [0.2, 0.25) is 0 Å². The molecule has 0 atom stereocenters. The Hall–Kier alpha value is -1.86. The molecule has 0 fully saturated rings. The molecule has 2 N–H and O–H groups in total. The van der Waals surface area contributed by atoms with Crippen molar-refractivity contribution in [3.05, 3.63) is 47.5 Å². The average Bonchev–Trinajstić information content (AvgIpc) is 2.90. The third-order valence-corrected chi connectivity index (χ3v) is 4.11. The second-order valence-electron chi connectivity index (χ2n) is 4.57. The van der Waals surface area contributed by atoms with Gasteiger partial charge >= 0.3 is 0 Å². The minimum Gasteiger partial charge on any atom is -0.446 e. The van der Waals surface area contributed by atoms with Crippen LogP contribution in [0.5, 0.6) is 0 Å². The summed E-state index contributed by atoms with van der Waals surface area (Å²) in [6.45, 7) is 4.73. The second-order valence-corrected chi connectivity index (χ2v) is 6.18. The van der Waals surface area contributed by atoms with E-state index in [-0.39, 0.29) is 10.9 Å². The van der Waals surface area contributed by atoms with Gasteiger partial charge in [0.25, 0.3) is 10.0 Å². The van der Waals surface area contributed by atoms with Crippen LogP contribution >= 0.6 is 0 Å². The van der Waals surface area contributed by atoms with Crippen molar-refractivity contribution in [1.82, 2.24) is 5.32 Å². The molecule has 0 aliphatic carbocycles. The number of sulfonamides is 1. The van der Waals surface area contributed by atoms with Crippen LogP contribution in [0, 0.1) is 12.7 Å². The summed E-state index contributed by atoms with van der Waals surface area (Å²) in [5, 5.41) is 2.87. The number of aryl methyl sites for hydroxylation is 1. The zero-order valence-electron chi connectivity index (χ0n) is 11.8. The highest BCUT2D eigenvalue weighted by Crippen LogP contribution is 2.20. The summed E-state index contributed by atoms with van der Waals surface area (Å²) in [6.07, 6.45) is 0. The third kappa shape index (κ3) is 3.83. The van der Waals surface area contributed by atoms with Crippen LogP contribution in [0.4, 0.5) is 10.1 Å². The van der Waals surface area contributed by atoms with Crippen LogP contribution in [-0.2, 0) is 16.6 Å². The van der Waals surface area contributed by atoms with Gasteiger partial charge in [0, 0.05) is 5.69 Å². The molecule has 0 spiro atoms. The lowest BCUT2D eigenvalue weighted by Gasteiger charge is -2.07. The van der Waals surface area contributed by atoms with Gasteiger partial charge in [0.15, 0.2) is 0 Å². The molecule has 0 amide bonds. The predicted molar refractivity (Wildman–Crippen MR) is 78.0 cm³/mol. The molecule has 1 aromatic carbocycles. The monoisotopic (exact) mass is 312 g/mol. The Morgan fingerprint density at radius 3 is 2.67 bits per heavy atom. The topological polar surface area (TPSA) is 71.3 Å². The van der Waals surface area contributed by atoms with Crippen LogP contribution in [0.15, 0.2) is 39.8 Å². The van der Waals surface area contributed by atoms with Gasteiger partial charge in [-0.2, -0.15) is 8.42 Å². The lowest BCUT2D eigenvalue weighted by molar-refractivity contribution is 0.405. The minimum atomic E-state index is -3.81. The normalized spacial score (nSPS) is 11.6. The largest absolute Gasteiger partial charge is 0.446 e. The number of nitrogens with one attached hydrogen (secondary N) is 2. The zero-order chi connectivity index (χ0) is 15.5. The molecule has 5 nitrogen and oxygen atoms in total. The minimum absolute atomic E-state index is 0.169. The van der Waals surface area contributed by atoms with E-state index in [1.807, 2.05) is 6.92 Å². The maximum Gasteiger partial charge on any atom is 0.295 e. The number of furan rings is 1. The van der Waals surface area contributed by atoms with Gasteiger partial charge in [-0.15, -0.1) is 0 Å². The summed E-state index contributed by atoms with van der Waals surface area (Å²) < 4.78 is 45.2. The summed E-state index contributed by atoms with van der Waals surface area (Å²) in [6, 6.07) is 7.00. The fourth-order valence-corrected chi connectivity index (χ4v) is 2.76. The first kappa shape index (κ1) is 15.5. The Morgan fingerprint density at radius 1 is 1.24 bits per heavy atom. The highest BCUT2D eigenvalue weighted by molar-refractivity contribution is 7.92. The number of rotatable bonds is 6. The summed E-state index contributed by atoms with van der Waals surface area (Å²) in [7, 11) is -3.81. The summed E-state index contributed by atoms with van der Waals surface area (Å²) >= 11 is 0. The van der Waals surface area contributed by atoms with E-state index < -0.39 is 10.0 Å². The Morgan fingerprint density at radius 2 is 2.00 bits per heavy atom. The fraction of sp³-hybridized carbons (Fsp3) is 0.286. The van der Waals surface area contributed by atoms with Gasteiger partial charge < -0.3 is 9.73 Å². The molecule has 0 aliphatic rings. The molecule has 21 heavy (non-hydrogen) atoms. The molecule has 7 heteroatoms. The molecular formula is C14H17FN2O3S. The van der Waals surface area contributed by atoms with E-state index in [0.717, 1.165) is 6.54 Å². The van der Waals surface area contributed by atoms with Gasteiger partial charge in [-0.3, -0.25) is 4.72 Å². The highest BCUT2D eigenvalue weighted by atomic mass is 32.2. The van der Waals surface area contributed by atoms with E-state index in [2.05, 4.69) is 10.0 Å². The van der Waals surface area contributed by atoms with Crippen LogP contribution < -0.4 is 10.0 Å². The Kier molecular flexibility index (Phi) is 4.64. The van der Waals surface area contributed by atoms with Crippen molar-refractivity contribution in [2.75, 3.05) is 11.3 Å². The van der Waals surface area contributed by atoms with Crippen LogP contribution in [-0.4, -0.2) is 15.0 Å². The van der Waals surface area contributed by atoms with Crippen molar-refractivity contribution < 1.29 is 17.2 Å². The molecule has 0 bridgehead atoms. The smallest absolute Gasteiger partial charge is 0.295 e. The van der Waals surface area contributed by atoms with Crippen molar-refractivity contribution in [1.29, 1.82) is 0 Å². The van der Waals surface area contributed by atoms with Crippen LogP contribution in [0.3, 0.4) is 0 Å². The maximum absolute atomic E-state index is 13.2. The van der Waals surface area contributed by atoms with E-state index >= 15 is 0 Å². The van der Waals surface area contributed by atoms with Crippen molar-refractivity contribution in [3.8, 4) is 0 Å². The molecule has 2 rings (SSSR count). The summed E-state index contributed by atoms with van der Waals surface area (Å²) in [4.78, 5) is 0. The van der Waals surface area contributed by atoms with Gasteiger partial charge in [0.1, 0.15) is 11.6 Å². The van der Waals surface area contributed by atoms with Gasteiger partial charge in [0.05, 0.1) is 6.54 Å². The molecule has 114 valence electrons. The van der Waals surface area contributed by atoms with E-state index in [1.165, 1.54) is 24.3 Å². The Bertz CT molecular complexity index is 726. The predicted octanol–water partition coefficient (Wildman–Crippen LogP) is 2.64. The molecule has 0 saturated heterocycles. The molecule has 0 aliphatic heterocycles. The van der Waals surface area contributed by atoms with E-state index in [9.17, 15) is 12.8 Å². The summed E-state index contributed by atoms with van der Waals surface area (Å²) in [5.41, 5.74) is 0.654. The number of hydrogen-bond acceptors (Lipinski definition) is 4. The van der Waals surface area contributed by atoms with Crippen molar-refractivity contribution >= 4 is 15.7 Å². The van der Waals surface area contributed by atoms with Crippen molar-refractivity contribution in [3.63, 3.8) is 0 Å². The molecule has 1 aromatic heterocycles. The van der Waals surface area contributed by atoms with E-state index in [0.29, 0.717) is 23.6 Å². The second kappa shape index (κ2) is 6.28. The summed E-state index contributed by atoms with van der Waals surface area (Å²) in [5.74, 6) is 0.149. The molecule has 0 unspecified atom stereocenters. The molecule has 0 saturated carbocycles. The third-order valence-electron chi connectivity index (χ3n) is 2.86. The van der Waals surface area contributed by atoms with Gasteiger partial charge in [-0.25, -0.2) is 4.39 Å². The lowest BCUT2D eigenvalue weighted by atomic mass is 10.2. The van der Waals surface area contributed by atoms with Crippen LogP contribution in [0.25, 0.3) is 0 Å². The van der Waals surface area contributed by atoms with Gasteiger partial charge in [0.2, 0.25) is 5.09 Å². The SMILES string of the molecule is CCNCc1ccc(S(=O)(=O)Nc2ccc(F)c(C)c2)o1. The van der Waals surface area contributed by atoms with Crippen molar-refractivity contribution in [2.24, 2.45) is 0 Å². The van der Waals surface area contributed by atoms with Crippen LogP contribution in [0.1, 0.15) is 18.2 Å². The Labute approximate surface area is 123 Å². The van der Waals surface area contributed by atoms with E-state index in [4.69, 9.17) is 4.42 Å². The highest BCUT2D eigenvalue weighted by Gasteiger charge is 2.19. The molecule has 2 aromatic rings. The average molecular weight is 312 g/mol. The van der Waals surface area contributed by atoms with Gasteiger partial charge in [-0.05, 0) is 49.4 Å². The first-order valence-corrected chi connectivity index (χ1v) is 7.99. The zero-order valence-corrected chi connectivity index (χ0v) is 12.6. The number of anilines is 1. The first-order valence-electron chi connectivity index (χ1n) is 6.51. The number of benzene rings is 1. The van der Waals surface area contributed by atoms with Crippen molar-refractivity contribution in [2.45, 2.75) is 25.5 Å². The number of hydrogen-bond donors (Lipinski definition) is 2. The molecule has 0 radical (unpaired) electrons. The first-order chi connectivity index (χ1) is 9.92.